The highest BCUT2D eigenvalue weighted by molar-refractivity contribution is 5.98. The minimum Gasteiger partial charge on any atom is -0.495 e. The molecule has 1 heterocycles. The van der Waals surface area contributed by atoms with Crippen LogP contribution < -0.4 is 21.5 Å². The molecule has 1 amide bonds. The van der Waals surface area contributed by atoms with E-state index in [1.54, 1.807) is 30.6 Å². The first-order chi connectivity index (χ1) is 14.9. The summed E-state index contributed by atoms with van der Waals surface area (Å²) in [5.74, 6) is -1.54. The Bertz CT molecular complexity index is 1100. The number of amides is 1. The van der Waals surface area contributed by atoms with Gasteiger partial charge in [-0.1, -0.05) is 18.2 Å². The Morgan fingerprint density at radius 3 is 2.74 bits per heavy atom. The van der Waals surface area contributed by atoms with Crippen LogP contribution in [-0.2, 0) is 6.54 Å². The SMILES string of the molecule is COc1c(C(=O)NCc2cccnc2)ccc(N)c1C(N)/C=C/c1ccc(F)cc1F. The van der Waals surface area contributed by atoms with Crippen LogP contribution in [0.25, 0.3) is 6.08 Å². The average Bonchev–Trinajstić information content (AvgIpc) is 2.77. The van der Waals surface area contributed by atoms with Crippen LogP contribution in [0, 0.1) is 11.6 Å². The van der Waals surface area contributed by atoms with Gasteiger partial charge in [0.25, 0.3) is 5.91 Å². The number of anilines is 1. The van der Waals surface area contributed by atoms with Gasteiger partial charge < -0.3 is 21.5 Å². The molecule has 160 valence electrons. The zero-order chi connectivity index (χ0) is 22.4. The summed E-state index contributed by atoms with van der Waals surface area (Å²) in [6.45, 7) is 0.283. The first-order valence-electron chi connectivity index (χ1n) is 9.43. The van der Waals surface area contributed by atoms with Gasteiger partial charge in [-0.25, -0.2) is 8.78 Å². The Balaban J connectivity index is 1.86. The van der Waals surface area contributed by atoms with Gasteiger partial charge in [-0.05, 0) is 35.9 Å². The van der Waals surface area contributed by atoms with E-state index >= 15 is 0 Å². The van der Waals surface area contributed by atoms with Gasteiger partial charge in [0.05, 0.1) is 18.7 Å². The summed E-state index contributed by atoms with van der Waals surface area (Å²) in [5.41, 5.74) is 14.3. The molecule has 0 aliphatic carbocycles. The summed E-state index contributed by atoms with van der Waals surface area (Å²) in [6.07, 6.45) is 6.23. The first kappa shape index (κ1) is 21.9. The molecule has 3 rings (SSSR count). The smallest absolute Gasteiger partial charge is 0.255 e. The van der Waals surface area contributed by atoms with Crippen LogP contribution in [0.1, 0.15) is 33.1 Å². The predicted molar refractivity (Wildman–Crippen MR) is 115 cm³/mol. The third kappa shape index (κ3) is 5.23. The lowest BCUT2D eigenvalue weighted by atomic mass is 9.98. The van der Waals surface area contributed by atoms with Gasteiger partial charge in [0.2, 0.25) is 0 Å². The molecule has 0 aliphatic rings. The highest BCUT2D eigenvalue weighted by Crippen LogP contribution is 2.34. The number of ether oxygens (including phenoxy) is 1. The fraction of sp³-hybridized carbons (Fsp3) is 0.130. The van der Waals surface area contributed by atoms with Crippen LogP contribution in [-0.4, -0.2) is 18.0 Å². The van der Waals surface area contributed by atoms with Crippen LogP contribution in [0.4, 0.5) is 14.5 Å². The lowest BCUT2D eigenvalue weighted by Crippen LogP contribution is -2.24. The number of hydrogen-bond acceptors (Lipinski definition) is 5. The van der Waals surface area contributed by atoms with Crippen molar-refractivity contribution in [2.24, 2.45) is 5.73 Å². The van der Waals surface area contributed by atoms with Crippen molar-refractivity contribution >= 4 is 17.7 Å². The zero-order valence-corrected chi connectivity index (χ0v) is 16.8. The molecule has 2 aromatic carbocycles. The summed E-state index contributed by atoms with van der Waals surface area (Å²) in [6, 6.07) is 9.16. The number of methoxy groups -OCH3 is 1. The zero-order valence-electron chi connectivity index (χ0n) is 16.8. The Morgan fingerprint density at radius 2 is 2.06 bits per heavy atom. The number of benzene rings is 2. The summed E-state index contributed by atoms with van der Waals surface area (Å²) >= 11 is 0. The Morgan fingerprint density at radius 1 is 1.26 bits per heavy atom. The molecular weight excluding hydrogens is 402 g/mol. The number of rotatable bonds is 7. The highest BCUT2D eigenvalue weighted by atomic mass is 19.1. The average molecular weight is 424 g/mol. The number of carbonyl (C=O) groups excluding carboxylic acids is 1. The van der Waals surface area contributed by atoms with Gasteiger partial charge in [0, 0.05) is 41.8 Å². The predicted octanol–water partition coefficient (Wildman–Crippen LogP) is 3.59. The molecule has 1 aromatic heterocycles. The second kappa shape index (κ2) is 9.82. The maximum atomic E-state index is 13.9. The molecule has 1 atom stereocenters. The number of nitrogens with two attached hydrogens (primary N) is 2. The maximum absolute atomic E-state index is 13.9. The number of nitrogens with one attached hydrogen (secondary N) is 1. The molecular formula is C23H22F2N4O2. The monoisotopic (exact) mass is 424 g/mol. The molecule has 31 heavy (non-hydrogen) atoms. The van der Waals surface area contributed by atoms with E-state index in [0.29, 0.717) is 11.3 Å². The number of nitrogens with zero attached hydrogens (tertiary/aromatic N) is 1. The largest absolute Gasteiger partial charge is 0.495 e. The van der Waals surface area contributed by atoms with Crippen LogP contribution >= 0.6 is 0 Å². The Kier molecular flexibility index (Phi) is 6.94. The molecule has 0 saturated carbocycles. The van der Waals surface area contributed by atoms with Crippen LogP contribution in [0.15, 0.2) is 60.9 Å². The fourth-order valence-corrected chi connectivity index (χ4v) is 3.08. The summed E-state index contributed by atoms with van der Waals surface area (Å²) in [5, 5.41) is 2.80. The van der Waals surface area contributed by atoms with Gasteiger partial charge in [0.1, 0.15) is 17.4 Å². The van der Waals surface area contributed by atoms with Gasteiger partial charge in [0.15, 0.2) is 0 Å². The quantitative estimate of drug-likeness (QED) is 0.503. The van der Waals surface area contributed by atoms with Gasteiger partial charge in [-0.3, -0.25) is 9.78 Å². The van der Waals surface area contributed by atoms with Crippen molar-refractivity contribution in [1.82, 2.24) is 10.3 Å². The minimum absolute atomic E-state index is 0.166. The topological polar surface area (TPSA) is 103 Å². The lowest BCUT2D eigenvalue weighted by Gasteiger charge is -2.18. The molecule has 0 aliphatic heterocycles. The second-order valence-electron chi connectivity index (χ2n) is 6.74. The minimum atomic E-state index is -0.800. The first-order valence-corrected chi connectivity index (χ1v) is 9.43. The van der Waals surface area contributed by atoms with Crippen molar-refractivity contribution < 1.29 is 18.3 Å². The van der Waals surface area contributed by atoms with Crippen LogP contribution in [0.3, 0.4) is 0 Å². The normalized spacial score (nSPS) is 12.0. The van der Waals surface area contributed by atoms with Crippen LogP contribution in [0.5, 0.6) is 5.75 Å². The molecule has 0 fully saturated rings. The summed E-state index contributed by atoms with van der Waals surface area (Å²) in [4.78, 5) is 16.8. The van der Waals surface area contributed by atoms with Crippen LogP contribution in [0.2, 0.25) is 0 Å². The molecule has 0 saturated heterocycles. The second-order valence-corrected chi connectivity index (χ2v) is 6.74. The molecule has 0 bridgehead atoms. The Labute approximate surface area is 178 Å². The number of carbonyl (C=O) groups is 1. The number of hydrogen-bond donors (Lipinski definition) is 3. The number of pyridine rings is 1. The standard InChI is InChI=1S/C23H22F2N4O2/c1-31-22-17(23(30)29-13-14-3-2-10-28-12-14)7-9-20(27)21(22)19(26)8-5-15-4-6-16(24)11-18(15)25/h2-12,19H,13,26-27H2,1H3,(H,29,30)/b8-5+. The van der Waals surface area contributed by atoms with Gasteiger partial charge in [-0.15, -0.1) is 0 Å². The van der Waals surface area contributed by atoms with Crippen molar-refractivity contribution in [3.63, 3.8) is 0 Å². The number of halogens is 2. The van der Waals surface area contributed by atoms with E-state index in [1.807, 2.05) is 6.07 Å². The van der Waals surface area contributed by atoms with E-state index in [-0.39, 0.29) is 29.3 Å². The van der Waals surface area contributed by atoms with E-state index in [1.165, 1.54) is 25.3 Å². The van der Waals surface area contributed by atoms with Crippen molar-refractivity contribution in [2.75, 3.05) is 12.8 Å². The summed E-state index contributed by atoms with van der Waals surface area (Å²) in [7, 11) is 1.41. The highest BCUT2D eigenvalue weighted by Gasteiger charge is 2.21. The molecule has 1 unspecified atom stereocenters. The molecule has 5 N–H and O–H groups in total. The molecule has 8 heteroatoms. The third-order valence-corrected chi connectivity index (χ3v) is 4.63. The van der Waals surface area contributed by atoms with Crippen molar-refractivity contribution in [2.45, 2.75) is 12.6 Å². The van der Waals surface area contributed by atoms with Crippen molar-refractivity contribution in [3.8, 4) is 5.75 Å². The van der Waals surface area contributed by atoms with E-state index in [0.717, 1.165) is 17.7 Å². The number of aromatic nitrogens is 1. The van der Waals surface area contributed by atoms with Crippen molar-refractivity contribution in [3.05, 3.63) is 94.8 Å². The summed E-state index contributed by atoms with van der Waals surface area (Å²) < 4.78 is 32.4. The fourth-order valence-electron chi connectivity index (χ4n) is 3.08. The maximum Gasteiger partial charge on any atom is 0.255 e. The van der Waals surface area contributed by atoms with Gasteiger partial charge in [-0.2, -0.15) is 0 Å². The van der Waals surface area contributed by atoms with Crippen molar-refractivity contribution in [1.29, 1.82) is 0 Å². The molecule has 0 spiro atoms. The Hall–Kier alpha value is -3.78. The van der Waals surface area contributed by atoms with Gasteiger partial charge >= 0.3 is 0 Å². The molecule has 0 radical (unpaired) electrons. The van der Waals surface area contributed by atoms with E-state index in [4.69, 9.17) is 16.2 Å². The molecule has 6 nitrogen and oxygen atoms in total. The van der Waals surface area contributed by atoms with E-state index < -0.39 is 17.7 Å². The third-order valence-electron chi connectivity index (χ3n) is 4.63. The number of nitrogen functional groups attached to an aromatic ring is 1. The van der Waals surface area contributed by atoms with E-state index in [2.05, 4.69) is 10.3 Å². The molecule has 3 aromatic rings. The van der Waals surface area contributed by atoms with E-state index in [9.17, 15) is 13.6 Å². The lowest BCUT2D eigenvalue weighted by molar-refractivity contribution is 0.0947.